The quantitative estimate of drug-likeness (QED) is 0.365. The van der Waals surface area contributed by atoms with Crippen LogP contribution < -0.4 is 10.2 Å². The van der Waals surface area contributed by atoms with E-state index in [9.17, 15) is 4.79 Å². The van der Waals surface area contributed by atoms with Gasteiger partial charge in [0, 0.05) is 35.1 Å². The molecule has 0 atom stereocenters. The lowest BCUT2D eigenvalue weighted by molar-refractivity contribution is -0.123. The Hall–Kier alpha value is -3.93. The summed E-state index contributed by atoms with van der Waals surface area (Å²) in [5, 5.41) is 5.07. The Balaban J connectivity index is 1.36. The van der Waals surface area contributed by atoms with E-state index < -0.39 is 0 Å². The smallest absolute Gasteiger partial charge is 0.277 e. The molecule has 0 radical (unpaired) electrons. The first-order valence-corrected chi connectivity index (χ1v) is 10.1. The van der Waals surface area contributed by atoms with Crippen molar-refractivity contribution in [3.8, 4) is 5.75 Å². The maximum absolute atomic E-state index is 12.2. The van der Waals surface area contributed by atoms with Crippen LogP contribution >= 0.6 is 0 Å². The second kappa shape index (κ2) is 9.26. The van der Waals surface area contributed by atoms with Gasteiger partial charge in [-0.25, -0.2) is 5.43 Å². The highest BCUT2D eigenvalue weighted by Gasteiger charge is 2.09. The summed E-state index contributed by atoms with van der Waals surface area (Å²) in [4.78, 5) is 16.5. The first-order chi connectivity index (χ1) is 15.1. The fraction of sp³-hybridized carbons (Fsp3) is 0.160. The zero-order valence-electron chi connectivity index (χ0n) is 17.6. The van der Waals surface area contributed by atoms with E-state index in [4.69, 9.17) is 4.74 Å². The Kier molecular flexibility index (Phi) is 6.08. The Labute approximate surface area is 181 Å². The standard InChI is InChI=1S/C25H24N4O2/c1-18-14-22(19(2)29(18)16-20-8-4-3-5-9-20)15-27-28-24(30)17-31-23-12-6-10-21-11-7-13-26-25(21)23/h3-15H,16-17H2,1-2H3,(H,28,30)/b27-15+. The minimum atomic E-state index is -0.331. The fourth-order valence-corrected chi connectivity index (χ4v) is 3.51. The van der Waals surface area contributed by atoms with Crippen LogP contribution in [-0.4, -0.2) is 28.3 Å². The van der Waals surface area contributed by atoms with Gasteiger partial charge >= 0.3 is 0 Å². The van der Waals surface area contributed by atoms with Gasteiger partial charge in [-0.15, -0.1) is 0 Å². The van der Waals surface area contributed by atoms with E-state index in [-0.39, 0.29) is 12.5 Å². The first kappa shape index (κ1) is 20.3. The van der Waals surface area contributed by atoms with E-state index in [0.29, 0.717) is 5.75 Å². The van der Waals surface area contributed by atoms with Gasteiger partial charge in [-0.05, 0) is 37.6 Å². The lowest BCUT2D eigenvalue weighted by Crippen LogP contribution is -2.24. The lowest BCUT2D eigenvalue weighted by Gasteiger charge is -2.09. The molecule has 2 aromatic heterocycles. The highest BCUT2D eigenvalue weighted by Crippen LogP contribution is 2.22. The van der Waals surface area contributed by atoms with Crippen LogP contribution in [0.15, 0.2) is 78.0 Å². The number of hydrazone groups is 1. The fourth-order valence-electron chi connectivity index (χ4n) is 3.51. The highest BCUT2D eigenvalue weighted by molar-refractivity contribution is 5.86. The molecule has 4 aromatic rings. The van der Waals surface area contributed by atoms with E-state index in [1.807, 2.05) is 42.5 Å². The minimum Gasteiger partial charge on any atom is -0.481 e. The number of hydrogen-bond donors (Lipinski definition) is 1. The van der Waals surface area contributed by atoms with Gasteiger partial charge in [-0.3, -0.25) is 9.78 Å². The molecule has 0 unspecified atom stereocenters. The summed E-state index contributed by atoms with van der Waals surface area (Å²) in [7, 11) is 0. The second-order valence-electron chi connectivity index (χ2n) is 7.31. The monoisotopic (exact) mass is 412 g/mol. The number of aromatic nitrogens is 2. The average Bonchev–Trinajstić information content (AvgIpc) is 3.06. The Bertz CT molecular complexity index is 1220. The van der Waals surface area contributed by atoms with Gasteiger partial charge in [0.05, 0.1) is 6.21 Å². The van der Waals surface area contributed by atoms with Gasteiger partial charge in [0.25, 0.3) is 5.91 Å². The third kappa shape index (κ3) is 4.80. The van der Waals surface area contributed by atoms with Gasteiger partial charge in [-0.2, -0.15) is 5.10 Å². The summed E-state index contributed by atoms with van der Waals surface area (Å²) < 4.78 is 7.88. The van der Waals surface area contributed by atoms with Crippen LogP contribution in [0.4, 0.5) is 0 Å². The molecule has 0 saturated heterocycles. The topological polar surface area (TPSA) is 68.5 Å². The average molecular weight is 412 g/mol. The Morgan fingerprint density at radius 1 is 1.10 bits per heavy atom. The van der Waals surface area contributed by atoms with E-state index in [1.54, 1.807) is 18.5 Å². The number of amides is 1. The van der Waals surface area contributed by atoms with Gasteiger partial charge in [0.2, 0.25) is 0 Å². The summed E-state index contributed by atoms with van der Waals surface area (Å²) in [6, 6.07) is 21.8. The van der Waals surface area contributed by atoms with E-state index in [2.05, 4.69) is 52.1 Å². The van der Waals surface area contributed by atoms with E-state index >= 15 is 0 Å². The number of rotatable bonds is 7. The number of para-hydroxylation sites is 1. The molecule has 0 aliphatic rings. The molecule has 2 aromatic carbocycles. The van der Waals surface area contributed by atoms with E-state index in [1.165, 1.54) is 5.56 Å². The number of carbonyl (C=O) groups excluding carboxylic acids is 1. The zero-order chi connectivity index (χ0) is 21.6. The molecule has 31 heavy (non-hydrogen) atoms. The van der Waals surface area contributed by atoms with Crippen molar-refractivity contribution in [3.05, 3.63) is 95.4 Å². The molecule has 0 bridgehead atoms. The number of pyridine rings is 1. The molecule has 0 fully saturated rings. The molecule has 156 valence electrons. The molecule has 1 amide bonds. The molecule has 1 N–H and O–H groups in total. The summed E-state index contributed by atoms with van der Waals surface area (Å²) >= 11 is 0. The van der Waals surface area contributed by atoms with Crippen molar-refractivity contribution in [1.29, 1.82) is 0 Å². The van der Waals surface area contributed by atoms with Crippen LogP contribution in [0, 0.1) is 13.8 Å². The number of carbonyl (C=O) groups is 1. The number of nitrogens with zero attached hydrogens (tertiary/aromatic N) is 3. The van der Waals surface area contributed by atoms with Gasteiger partial charge in [-0.1, -0.05) is 48.5 Å². The number of ether oxygens (including phenoxy) is 1. The van der Waals surface area contributed by atoms with Crippen LogP contribution in [0.1, 0.15) is 22.5 Å². The SMILES string of the molecule is Cc1cc(/C=N/NC(=O)COc2cccc3cccnc23)c(C)n1Cc1ccccc1. The van der Waals surface area contributed by atoms with Gasteiger partial charge < -0.3 is 9.30 Å². The van der Waals surface area contributed by atoms with Crippen LogP contribution in [0.5, 0.6) is 5.75 Å². The lowest BCUT2D eigenvalue weighted by atomic mass is 10.2. The second-order valence-corrected chi connectivity index (χ2v) is 7.31. The first-order valence-electron chi connectivity index (χ1n) is 10.1. The summed E-state index contributed by atoms with van der Waals surface area (Å²) in [6.45, 7) is 4.78. The van der Waals surface area contributed by atoms with Gasteiger partial charge in [0.15, 0.2) is 6.61 Å². The van der Waals surface area contributed by atoms with Crippen molar-refractivity contribution in [2.75, 3.05) is 6.61 Å². The van der Waals surface area contributed by atoms with Crippen molar-refractivity contribution in [3.63, 3.8) is 0 Å². The maximum Gasteiger partial charge on any atom is 0.277 e. The molecule has 4 rings (SSSR count). The molecular formula is C25H24N4O2. The largest absolute Gasteiger partial charge is 0.481 e. The highest BCUT2D eigenvalue weighted by atomic mass is 16.5. The number of fused-ring (bicyclic) bond motifs is 1. The van der Waals surface area contributed by atoms with Crippen molar-refractivity contribution in [2.24, 2.45) is 5.10 Å². The molecule has 6 nitrogen and oxygen atoms in total. The molecule has 6 heteroatoms. The van der Waals surface area contributed by atoms with Crippen LogP contribution in [0.25, 0.3) is 10.9 Å². The number of benzene rings is 2. The molecule has 0 spiro atoms. The number of nitrogens with one attached hydrogen (secondary N) is 1. The predicted octanol–water partition coefficient (Wildman–Crippen LogP) is 4.23. The minimum absolute atomic E-state index is 0.139. The Morgan fingerprint density at radius 3 is 2.74 bits per heavy atom. The van der Waals surface area contributed by atoms with Crippen molar-refractivity contribution in [1.82, 2.24) is 15.0 Å². The zero-order valence-corrected chi connectivity index (χ0v) is 17.6. The summed E-state index contributed by atoms with van der Waals surface area (Å²) in [5.41, 5.74) is 7.70. The van der Waals surface area contributed by atoms with Crippen LogP contribution in [0.2, 0.25) is 0 Å². The molecule has 0 aliphatic heterocycles. The third-order valence-corrected chi connectivity index (χ3v) is 5.14. The Morgan fingerprint density at radius 2 is 1.90 bits per heavy atom. The van der Waals surface area contributed by atoms with Gasteiger partial charge in [0.1, 0.15) is 11.3 Å². The normalized spacial score (nSPS) is 11.2. The van der Waals surface area contributed by atoms with Crippen LogP contribution in [0.3, 0.4) is 0 Å². The number of aryl methyl sites for hydroxylation is 1. The molecule has 2 heterocycles. The molecule has 0 saturated carbocycles. The number of hydrogen-bond acceptors (Lipinski definition) is 4. The van der Waals surface area contributed by atoms with E-state index in [0.717, 1.165) is 34.4 Å². The summed E-state index contributed by atoms with van der Waals surface area (Å²) in [5.74, 6) is 0.240. The third-order valence-electron chi connectivity index (χ3n) is 5.14. The van der Waals surface area contributed by atoms with Crippen molar-refractivity contribution in [2.45, 2.75) is 20.4 Å². The van der Waals surface area contributed by atoms with Crippen LogP contribution in [-0.2, 0) is 11.3 Å². The predicted molar refractivity (Wildman–Crippen MR) is 122 cm³/mol. The van der Waals surface area contributed by atoms with Crippen molar-refractivity contribution >= 4 is 23.0 Å². The molecule has 0 aliphatic carbocycles. The molecular weight excluding hydrogens is 388 g/mol. The van der Waals surface area contributed by atoms with Crippen molar-refractivity contribution < 1.29 is 9.53 Å². The summed E-state index contributed by atoms with van der Waals surface area (Å²) in [6.07, 6.45) is 3.37. The maximum atomic E-state index is 12.2.